The summed E-state index contributed by atoms with van der Waals surface area (Å²) in [5, 5.41) is 9.22. The van der Waals surface area contributed by atoms with Gasteiger partial charge in [-0.1, -0.05) is 36.4 Å². The molecule has 0 aliphatic rings. The van der Waals surface area contributed by atoms with Crippen LogP contribution >= 0.6 is 11.3 Å². The third-order valence-corrected chi connectivity index (χ3v) is 5.22. The fraction of sp³-hybridized carbons (Fsp3) is 0.0870. The first kappa shape index (κ1) is 19.6. The molecule has 30 heavy (non-hydrogen) atoms. The first-order valence-corrected chi connectivity index (χ1v) is 10.2. The van der Waals surface area contributed by atoms with Gasteiger partial charge in [0.2, 0.25) is 0 Å². The van der Waals surface area contributed by atoms with Gasteiger partial charge in [0.15, 0.2) is 6.61 Å². The molecule has 1 N–H and O–H groups in total. The Morgan fingerprint density at radius 3 is 2.63 bits per heavy atom. The monoisotopic (exact) mass is 417 g/mol. The SMILES string of the molecule is Cc1cccc(NC(=O)COC(=O)c2cn(-c3ccccc3)nc2-c2cccs2)c1. The van der Waals surface area contributed by atoms with E-state index in [1.54, 1.807) is 16.9 Å². The average molecular weight is 417 g/mol. The Morgan fingerprint density at radius 2 is 1.90 bits per heavy atom. The Kier molecular flexibility index (Phi) is 5.72. The molecule has 1 amide bonds. The van der Waals surface area contributed by atoms with Crippen LogP contribution in [0.4, 0.5) is 5.69 Å². The summed E-state index contributed by atoms with van der Waals surface area (Å²) in [4.78, 5) is 25.8. The van der Waals surface area contributed by atoms with E-state index in [1.807, 2.05) is 73.0 Å². The number of amides is 1. The number of carbonyl (C=O) groups is 2. The van der Waals surface area contributed by atoms with Crippen LogP contribution in [0.3, 0.4) is 0 Å². The fourth-order valence-electron chi connectivity index (χ4n) is 2.96. The maximum atomic E-state index is 12.8. The summed E-state index contributed by atoms with van der Waals surface area (Å²) in [6.45, 7) is 1.55. The molecule has 0 bridgehead atoms. The van der Waals surface area contributed by atoms with E-state index in [2.05, 4.69) is 10.4 Å². The minimum absolute atomic E-state index is 0.310. The number of aromatic nitrogens is 2. The number of hydrogen-bond acceptors (Lipinski definition) is 5. The van der Waals surface area contributed by atoms with Gasteiger partial charge < -0.3 is 10.1 Å². The number of carbonyl (C=O) groups excluding carboxylic acids is 2. The van der Waals surface area contributed by atoms with Crippen LogP contribution < -0.4 is 5.32 Å². The molecule has 0 saturated carbocycles. The molecule has 0 radical (unpaired) electrons. The molecule has 150 valence electrons. The van der Waals surface area contributed by atoms with E-state index < -0.39 is 11.9 Å². The van der Waals surface area contributed by atoms with Gasteiger partial charge in [-0.2, -0.15) is 5.10 Å². The van der Waals surface area contributed by atoms with Crippen molar-refractivity contribution in [3.63, 3.8) is 0 Å². The predicted molar refractivity (Wildman–Crippen MR) is 117 cm³/mol. The third kappa shape index (κ3) is 4.47. The lowest BCUT2D eigenvalue weighted by Crippen LogP contribution is -2.21. The Balaban J connectivity index is 1.51. The van der Waals surface area contributed by atoms with Crippen molar-refractivity contribution in [3.05, 3.63) is 89.4 Å². The summed E-state index contributed by atoms with van der Waals surface area (Å²) in [6, 6.07) is 20.7. The van der Waals surface area contributed by atoms with Crippen molar-refractivity contribution >= 4 is 28.9 Å². The standard InChI is InChI=1S/C23H19N3O3S/c1-16-7-5-8-17(13-16)24-21(27)15-29-23(28)19-14-26(18-9-3-2-4-10-18)25-22(19)20-11-6-12-30-20/h2-14H,15H2,1H3,(H,24,27). The van der Waals surface area contributed by atoms with Gasteiger partial charge >= 0.3 is 5.97 Å². The van der Waals surface area contributed by atoms with Crippen LogP contribution in [0.2, 0.25) is 0 Å². The van der Waals surface area contributed by atoms with E-state index in [0.29, 0.717) is 16.9 Å². The van der Waals surface area contributed by atoms with Crippen LogP contribution in [0, 0.1) is 6.92 Å². The first-order valence-electron chi connectivity index (χ1n) is 9.33. The maximum absolute atomic E-state index is 12.8. The Hall–Kier alpha value is -3.71. The molecule has 0 spiro atoms. The zero-order valence-corrected chi connectivity index (χ0v) is 17.1. The van der Waals surface area contributed by atoms with Gasteiger partial charge in [-0.25, -0.2) is 9.48 Å². The highest BCUT2D eigenvalue weighted by atomic mass is 32.1. The molecular formula is C23H19N3O3S. The topological polar surface area (TPSA) is 73.2 Å². The van der Waals surface area contributed by atoms with Gasteiger partial charge in [0.05, 0.1) is 10.6 Å². The van der Waals surface area contributed by atoms with Crippen molar-refractivity contribution in [3.8, 4) is 16.3 Å². The van der Waals surface area contributed by atoms with E-state index in [4.69, 9.17) is 4.74 Å². The maximum Gasteiger partial charge on any atom is 0.342 e. The smallest absolute Gasteiger partial charge is 0.342 e. The van der Waals surface area contributed by atoms with Crippen LogP contribution in [0.15, 0.2) is 78.3 Å². The molecule has 7 heteroatoms. The molecule has 4 aromatic rings. The second-order valence-corrected chi connectivity index (χ2v) is 7.59. The van der Waals surface area contributed by atoms with Crippen molar-refractivity contribution in [2.24, 2.45) is 0 Å². The minimum Gasteiger partial charge on any atom is -0.452 e. The number of anilines is 1. The Bertz CT molecular complexity index is 1170. The third-order valence-electron chi connectivity index (χ3n) is 4.35. The summed E-state index contributed by atoms with van der Waals surface area (Å²) < 4.78 is 6.92. The van der Waals surface area contributed by atoms with Crippen molar-refractivity contribution in [2.45, 2.75) is 6.92 Å². The lowest BCUT2D eigenvalue weighted by molar-refractivity contribution is -0.119. The Labute approximate surface area is 177 Å². The number of nitrogens with one attached hydrogen (secondary N) is 1. The number of benzene rings is 2. The van der Waals surface area contributed by atoms with Crippen LogP contribution in [0.5, 0.6) is 0 Å². The summed E-state index contributed by atoms with van der Waals surface area (Å²) in [5.74, 6) is -0.998. The summed E-state index contributed by atoms with van der Waals surface area (Å²) in [5.41, 5.74) is 3.35. The largest absolute Gasteiger partial charge is 0.452 e. The molecule has 0 aliphatic heterocycles. The number of esters is 1. The number of thiophene rings is 1. The van der Waals surface area contributed by atoms with Gasteiger partial charge in [0, 0.05) is 11.9 Å². The highest BCUT2D eigenvalue weighted by molar-refractivity contribution is 7.13. The van der Waals surface area contributed by atoms with Crippen molar-refractivity contribution < 1.29 is 14.3 Å². The van der Waals surface area contributed by atoms with Gasteiger partial charge in [-0.3, -0.25) is 4.79 Å². The zero-order chi connectivity index (χ0) is 20.9. The molecule has 0 unspecified atom stereocenters. The number of ether oxygens (including phenoxy) is 1. The normalized spacial score (nSPS) is 10.6. The molecule has 2 aromatic carbocycles. The summed E-state index contributed by atoms with van der Waals surface area (Å²) in [7, 11) is 0. The second kappa shape index (κ2) is 8.75. The first-order chi connectivity index (χ1) is 14.6. The number of para-hydroxylation sites is 1. The Morgan fingerprint density at radius 1 is 1.07 bits per heavy atom. The summed E-state index contributed by atoms with van der Waals surface area (Å²) in [6.07, 6.45) is 1.63. The van der Waals surface area contributed by atoms with Gasteiger partial charge in [-0.15, -0.1) is 11.3 Å². The van der Waals surface area contributed by atoms with Crippen LogP contribution in [0.1, 0.15) is 15.9 Å². The number of hydrogen-bond donors (Lipinski definition) is 1. The van der Waals surface area contributed by atoms with Crippen molar-refractivity contribution in [1.29, 1.82) is 0 Å². The van der Waals surface area contributed by atoms with Gasteiger partial charge in [0.25, 0.3) is 5.91 Å². The number of rotatable bonds is 6. The van der Waals surface area contributed by atoms with E-state index in [9.17, 15) is 9.59 Å². The summed E-state index contributed by atoms with van der Waals surface area (Å²) >= 11 is 1.48. The molecule has 0 saturated heterocycles. The lowest BCUT2D eigenvalue weighted by Gasteiger charge is -2.07. The highest BCUT2D eigenvalue weighted by Crippen LogP contribution is 2.28. The highest BCUT2D eigenvalue weighted by Gasteiger charge is 2.21. The van der Waals surface area contributed by atoms with E-state index in [0.717, 1.165) is 16.1 Å². The molecular weight excluding hydrogens is 398 g/mol. The number of nitrogens with zero attached hydrogens (tertiary/aromatic N) is 2. The minimum atomic E-state index is -0.597. The quantitative estimate of drug-likeness (QED) is 0.461. The zero-order valence-electron chi connectivity index (χ0n) is 16.2. The predicted octanol–water partition coefficient (Wildman–Crippen LogP) is 4.70. The van der Waals surface area contributed by atoms with E-state index in [-0.39, 0.29) is 6.61 Å². The van der Waals surface area contributed by atoms with E-state index in [1.165, 1.54) is 11.3 Å². The molecule has 2 heterocycles. The molecule has 0 aliphatic carbocycles. The molecule has 0 atom stereocenters. The average Bonchev–Trinajstić information content (AvgIpc) is 3.42. The van der Waals surface area contributed by atoms with Gasteiger partial charge in [-0.05, 0) is 48.2 Å². The molecule has 6 nitrogen and oxygen atoms in total. The molecule has 2 aromatic heterocycles. The van der Waals surface area contributed by atoms with Crippen molar-refractivity contribution in [1.82, 2.24) is 9.78 Å². The van der Waals surface area contributed by atoms with Crippen LogP contribution in [-0.4, -0.2) is 28.3 Å². The number of aryl methyl sites for hydroxylation is 1. The molecule has 4 rings (SSSR count). The van der Waals surface area contributed by atoms with Crippen LogP contribution in [0.25, 0.3) is 16.3 Å². The van der Waals surface area contributed by atoms with Gasteiger partial charge in [0.1, 0.15) is 11.3 Å². The van der Waals surface area contributed by atoms with E-state index >= 15 is 0 Å². The fourth-order valence-corrected chi connectivity index (χ4v) is 3.68. The lowest BCUT2D eigenvalue weighted by atomic mass is 10.2. The molecule has 0 fully saturated rings. The van der Waals surface area contributed by atoms with Crippen molar-refractivity contribution in [2.75, 3.05) is 11.9 Å². The second-order valence-electron chi connectivity index (χ2n) is 6.64. The van der Waals surface area contributed by atoms with Crippen LogP contribution in [-0.2, 0) is 9.53 Å².